The van der Waals surface area contributed by atoms with Gasteiger partial charge in [-0.2, -0.15) is 4.37 Å². The van der Waals surface area contributed by atoms with E-state index in [0.29, 0.717) is 11.0 Å². The normalized spacial score (nSPS) is 10.8. The van der Waals surface area contributed by atoms with Gasteiger partial charge in [-0.05, 0) is 57.1 Å². The lowest BCUT2D eigenvalue weighted by molar-refractivity contribution is 0.0693. The number of carboxylic acid groups (broad SMARTS) is 1. The van der Waals surface area contributed by atoms with Gasteiger partial charge in [0.2, 0.25) is 5.88 Å². The second-order valence-electron chi connectivity index (χ2n) is 6.41. The molecule has 2 aromatic rings. The smallest absolute Gasteiger partial charge is 0.344 e. The van der Waals surface area contributed by atoms with E-state index in [1.165, 1.54) is 12.1 Å². The molecule has 2 amide bonds. The van der Waals surface area contributed by atoms with Gasteiger partial charge in [-0.15, -0.1) is 0 Å². The summed E-state index contributed by atoms with van der Waals surface area (Å²) in [6, 6.07) is 3.94. The maximum atomic E-state index is 13.9. The number of carbonyl (C=O) groups excluding carboxylic acids is 1. The van der Waals surface area contributed by atoms with E-state index in [1.807, 2.05) is 14.1 Å². The van der Waals surface area contributed by atoms with Gasteiger partial charge >= 0.3 is 12.0 Å². The summed E-state index contributed by atoms with van der Waals surface area (Å²) in [4.78, 5) is 25.7. The van der Waals surface area contributed by atoms with E-state index in [1.54, 1.807) is 6.07 Å². The van der Waals surface area contributed by atoms with Crippen LogP contribution in [-0.2, 0) is 6.61 Å². The molecule has 0 aliphatic rings. The molecule has 2 rings (SSSR count). The number of anilines is 1. The van der Waals surface area contributed by atoms with E-state index in [9.17, 15) is 19.1 Å². The highest BCUT2D eigenvalue weighted by Crippen LogP contribution is 2.31. The molecule has 0 aliphatic heterocycles. The summed E-state index contributed by atoms with van der Waals surface area (Å²) in [7, 11) is 3.95. The minimum atomic E-state index is -1.30. The van der Waals surface area contributed by atoms with E-state index in [4.69, 9.17) is 4.74 Å². The van der Waals surface area contributed by atoms with Crippen molar-refractivity contribution < 1.29 is 23.8 Å². The number of nitrogens with one attached hydrogen (secondary N) is 2. The number of carbonyl (C=O) groups is 2. The van der Waals surface area contributed by atoms with Crippen LogP contribution < -0.4 is 15.4 Å². The highest BCUT2D eigenvalue weighted by atomic mass is 79.9. The molecule has 0 aliphatic carbocycles. The van der Waals surface area contributed by atoms with E-state index < -0.39 is 17.8 Å². The monoisotopic (exact) mass is 488 g/mol. The van der Waals surface area contributed by atoms with Crippen LogP contribution in [0.5, 0.6) is 5.88 Å². The molecule has 0 saturated heterocycles. The summed E-state index contributed by atoms with van der Waals surface area (Å²) in [6.07, 6.45) is 1.73. The highest BCUT2D eigenvalue weighted by Gasteiger charge is 2.23. The lowest BCUT2D eigenvalue weighted by atomic mass is 10.2. The average molecular weight is 489 g/mol. The van der Waals surface area contributed by atoms with Crippen molar-refractivity contribution in [2.24, 2.45) is 0 Å². The highest BCUT2D eigenvalue weighted by molar-refractivity contribution is 9.10. The van der Waals surface area contributed by atoms with E-state index in [2.05, 4.69) is 35.8 Å². The molecular formula is C18H22BrFN4O4S. The predicted octanol–water partition coefficient (Wildman–Crippen LogP) is 3.79. The molecule has 0 saturated carbocycles. The number of aromatic carboxylic acids is 1. The third-order valence-corrected chi connectivity index (χ3v) is 5.04. The Morgan fingerprint density at radius 3 is 2.76 bits per heavy atom. The van der Waals surface area contributed by atoms with E-state index in [-0.39, 0.29) is 28.6 Å². The number of aromatic nitrogens is 1. The van der Waals surface area contributed by atoms with Crippen LogP contribution in [0.3, 0.4) is 0 Å². The molecule has 1 heterocycles. The van der Waals surface area contributed by atoms with Crippen molar-refractivity contribution in [2.45, 2.75) is 19.4 Å². The van der Waals surface area contributed by atoms with Gasteiger partial charge in [-0.3, -0.25) is 5.32 Å². The zero-order valence-corrected chi connectivity index (χ0v) is 18.4. The Balaban J connectivity index is 1.95. The maximum absolute atomic E-state index is 13.9. The molecule has 0 unspecified atom stereocenters. The van der Waals surface area contributed by atoms with Crippen molar-refractivity contribution in [2.75, 3.05) is 32.5 Å². The van der Waals surface area contributed by atoms with Crippen molar-refractivity contribution in [3.05, 3.63) is 39.6 Å². The number of halogens is 2. The molecule has 0 atom stereocenters. The van der Waals surface area contributed by atoms with Crippen LogP contribution in [0.4, 0.5) is 14.2 Å². The van der Waals surface area contributed by atoms with Crippen LogP contribution in [0.1, 0.15) is 28.8 Å². The Morgan fingerprint density at radius 1 is 1.34 bits per heavy atom. The van der Waals surface area contributed by atoms with Gasteiger partial charge in [0.25, 0.3) is 0 Å². The Bertz CT molecular complexity index is 862. The van der Waals surface area contributed by atoms with Gasteiger partial charge in [0.1, 0.15) is 17.4 Å². The largest absolute Gasteiger partial charge is 0.477 e. The van der Waals surface area contributed by atoms with Crippen LogP contribution >= 0.6 is 27.5 Å². The van der Waals surface area contributed by atoms with Gasteiger partial charge in [-0.25, -0.2) is 14.0 Å². The van der Waals surface area contributed by atoms with Gasteiger partial charge < -0.3 is 20.1 Å². The Labute approximate surface area is 180 Å². The number of rotatable bonds is 10. The maximum Gasteiger partial charge on any atom is 0.344 e. The number of ether oxygens (including phenoxy) is 1. The van der Waals surface area contributed by atoms with E-state index in [0.717, 1.165) is 30.9 Å². The molecule has 0 fully saturated rings. The first-order valence-electron chi connectivity index (χ1n) is 8.77. The summed E-state index contributed by atoms with van der Waals surface area (Å²) >= 11 is 3.95. The summed E-state index contributed by atoms with van der Waals surface area (Å²) in [5.41, 5.74) is -0.0159. The summed E-state index contributed by atoms with van der Waals surface area (Å²) < 4.78 is 23.8. The molecule has 1 aromatic carbocycles. The number of carboxylic acids is 1. The summed E-state index contributed by atoms with van der Waals surface area (Å²) in [5, 5.41) is 14.7. The Kier molecular flexibility index (Phi) is 8.80. The fourth-order valence-corrected chi connectivity index (χ4v) is 3.39. The van der Waals surface area contributed by atoms with Crippen LogP contribution in [0, 0.1) is 5.82 Å². The van der Waals surface area contributed by atoms with Crippen molar-refractivity contribution >= 4 is 44.5 Å². The molecule has 29 heavy (non-hydrogen) atoms. The molecule has 0 bridgehead atoms. The third-order valence-electron chi connectivity index (χ3n) is 3.80. The van der Waals surface area contributed by atoms with Crippen LogP contribution in [0.2, 0.25) is 0 Å². The zero-order chi connectivity index (χ0) is 21.4. The second kappa shape index (κ2) is 11.1. The third kappa shape index (κ3) is 7.26. The molecule has 0 radical (unpaired) electrons. The zero-order valence-electron chi connectivity index (χ0n) is 16.0. The summed E-state index contributed by atoms with van der Waals surface area (Å²) in [5.74, 6) is -1.96. The van der Waals surface area contributed by atoms with Crippen molar-refractivity contribution in [3.63, 3.8) is 0 Å². The number of benzene rings is 1. The number of amides is 2. The Morgan fingerprint density at radius 2 is 2.10 bits per heavy atom. The topological polar surface area (TPSA) is 104 Å². The predicted molar refractivity (Wildman–Crippen MR) is 112 cm³/mol. The number of nitrogens with zero attached hydrogens (tertiary/aromatic N) is 2. The van der Waals surface area contributed by atoms with Crippen LogP contribution in [0.15, 0.2) is 22.7 Å². The molecular weight excluding hydrogens is 467 g/mol. The van der Waals surface area contributed by atoms with Crippen LogP contribution in [0.25, 0.3) is 0 Å². The van der Waals surface area contributed by atoms with Crippen molar-refractivity contribution in [3.8, 4) is 5.88 Å². The number of unbranched alkanes of at least 4 members (excludes halogenated alkanes) is 1. The summed E-state index contributed by atoms with van der Waals surface area (Å²) in [6.45, 7) is 1.19. The number of hydrogen-bond donors (Lipinski definition) is 3. The molecule has 158 valence electrons. The van der Waals surface area contributed by atoms with Gasteiger partial charge in [-0.1, -0.05) is 22.0 Å². The molecule has 8 nitrogen and oxygen atoms in total. The van der Waals surface area contributed by atoms with Gasteiger partial charge in [0.05, 0.1) is 0 Å². The average Bonchev–Trinajstić information content (AvgIpc) is 3.03. The Hall–Kier alpha value is -2.24. The minimum absolute atomic E-state index is 0.0505. The second-order valence-corrected chi connectivity index (χ2v) is 8.10. The molecule has 3 N–H and O–H groups in total. The molecule has 1 aromatic heterocycles. The van der Waals surface area contributed by atoms with Crippen LogP contribution in [-0.4, -0.2) is 53.6 Å². The SMILES string of the molecule is CN(C)CCCCNC(=O)Nc1snc(OCc2ccc(Br)cc2F)c1C(=O)O. The minimum Gasteiger partial charge on any atom is -0.477 e. The first kappa shape index (κ1) is 23.0. The quantitative estimate of drug-likeness (QED) is 0.439. The first-order valence-corrected chi connectivity index (χ1v) is 10.3. The standard InChI is InChI=1S/C18H22BrFN4O4S/c1-24(2)8-4-3-7-21-18(27)22-16-14(17(25)26)15(23-29-16)28-10-11-5-6-12(19)9-13(11)20/h5-6,9H,3-4,7-8,10H2,1-2H3,(H,25,26)(H2,21,22,27). The van der Waals surface area contributed by atoms with Gasteiger partial charge in [0, 0.05) is 16.6 Å². The van der Waals surface area contributed by atoms with Crippen molar-refractivity contribution in [1.29, 1.82) is 0 Å². The lowest BCUT2D eigenvalue weighted by Crippen LogP contribution is -2.30. The number of urea groups is 1. The van der Waals surface area contributed by atoms with Gasteiger partial charge in [0.15, 0.2) is 5.56 Å². The molecule has 0 spiro atoms. The fraction of sp³-hybridized carbons (Fsp3) is 0.389. The molecule has 11 heteroatoms. The lowest BCUT2D eigenvalue weighted by Gasteiger charge is -2.10. The van der Waals surface area contributed by atoms with E-state index >= 15 is 0 Å². The van der Waals surface area contributed by atoms with Crippen molar-refractivity contribution in [1.82, 2.24) is 14.6 Å². The first-order chi connectivity index (χ1) is 13.8. The number of hydrogen-bond acceptors (Lipinski definition) is 6. The fourth-order valence-electron chi connectivity index (χ4n) is 2.34.